The second-order valence-electron chi connectivity index (χ2n) is 7.66. The molecule has 0 amide bonds. The van der Waals surface area contributed by atoms with Crippen LogP contribution < -0.4 is 4.74 Å². The maximum absolute atomic E-state index is 9.72. The molecule has 1 fully saturated rings. The molecular formula is C23H23Br2NO. The predicted molar refractivity (Wildman–Crippen MR) is 117 cm³/mol. The molecule has 1 aliphatic carbocycles. The molecule has 0 aromatic heterocycles. The summed E-state index contributed by atoms with van der Waals surface area (Å²) in [6, 6.07) is 20.1. The molecule has 2 nitrogen and oxygen atoms in total. The Bertz CT molecular complexity index is 850. The number of ether oxygens (including phenoxy) is 1. The van der Waals surface area contributed by atoms with E-state index < -0.39 is 0 Å². The summed E-state index contributed by atoms with van der Waals surface area (Å²) < 4.78 is 6.93. The molecule has 0 bridgehead atoms. The molecule has 0 aliphatic heterocycles. The molecule has 0 saturated heterocycles. The monoisotopic (exact) mass is 487 g/mol. The van der Waals surface area contributed by atoms with Crippen LogP contribution in [0.1, 0.15) is 38.2 Å². The number of halogens is 2. The molecular weight excluding hydrogens is 466 g/mol. The number of para-hydroxylation sites is 1. The van der Waals surface area contributed by atoms with Crippen molar-refractivity contribution >= 4 is 31.9 Å². The zero-order chi connectivity index (χ0) is 19.4. The lowest BCUT2D eigenvalue weighted by atomic mass is 9.93. The van der Waals surface area contributed by atoms with E-state index in [0.717, 1.165) is 33.3 Å². The quantitative estimate of drug-likeness (QED) is 0.398. The fraction of sp³-hybridized carbons (Fsp3) is 0.348. The van der Waals surface area contributed by atoms with Gasteiger partial charge in [-0.05, 0) is 91.8 Å². The molecule has 3 unspecified atom stereocenters. The zero-order valence-corrected chi connectivity index (χ0v) is 18.7. The van der Waals surface area contributed by atoms with Crippen LogP contribution in [0.15, 0.2) is 64.1 Å². The fourth-order valence-corrected chi connectivity index (χ4v) is 4.45. The van der Waals surface area contributed by atoms with Crippen LogP contribution in [0, 0.1) is 28.6 Å². The first-order valence-corrected chi connectivity index (χ1v) is 10.8. The van der Waals surface area contributed by atoms with Crippen LogP contribution in [-0.2, 0) is 0 Å². The van der Waals surface area contributed by atoms with Crippen LogP contribution in [0.5, 0.6) is 11.5 Å². The van der Waals surface area contributed by atoms with Gasteiger partial charge in [-0.25, -0.2) is 0 Å². The minimum Gasteiger partial charge on any atom is -0.457 e. The molecule has 3 atom stereocenters. The maximum atomic E-state index is 9.72. The second kappa shape index (κ2) is 8.63. The molecule has 0 radical (unpaired) electrons. The van der Waals surface area contributed by atoms with Crippen molar-refractivity contribution in [3.8, 4) is 17.6 Å². The van der Waals surface area contributed by atoms with Crippen molar-refractivity contribution < 1.29 is 4.74 Å². The second-order valence-corrected chi connectivity index (χ2v) is 10.4. The highest BCUT2D eigenvalue weighted by atomic mass is 79.9. The number of allylic oxidation sites excluding steroid dienone is 1. The Kier molecular flexibility index (Phi) is 6.44. The lowest BCUT2D eigenvalue weighted by molar-refractivity contribution is 0.480. The number of hydrogen-bond donors (Lipinski definition) is 0. The summed E-state index contributed by atoms with van der Waals surface area (Å²) in [5.41, 5.74) is 1.32. The molecule has 140 valence electrons. The van der Waals surface area contributed by atoms with Crippen LogP contribution in [0.25, 0.3) is 0 Å². The Balaban J connectivity index is 1.65. The SMILES string of the molecule is CC1(C)C(C=C(Br)Br)C1CCC(C#N)c1cccc(Oc2ccccc2)c1. The molecule has 0 N–H and O–H groups in total. The van der Waals surface area contributed by atoms with Gasteiger partial charge in [0.1, 0.15) is 11.5 Å². The smallest absolute Gasteiger partial charge is 0.127 e. The van der Waals surface area contributed by atoms with E-state index in [1.165, 1.54) is 0 Å². The van der Waals surface area contributed by atoms with E-state index in [0.29, 0.717) is 17.3 Å². The first kappa shape index (κ1) is 20.2. The highest BCUT2D eigenvalue weighted by Crippen LogP contribution is 2.62. The number of benzene rings is 2. The van der Waals surface area contributed by atoms with Crippen LogP contribution in [0.3, 0.4) is 0 Å². The van der Waals surface area contributed by atoms with Gasteiger partial charge in [-0.1, -0.05) is 50.3 Å². The number of nitrogens with zero attached hydrogens (tertiary/aromatic N) is 1. The summed E-state index contributed by atoms with van der Waals surface area (Å²) in [6.45, 7) is 4.61. The zero-order valence-electron chi connectivity index (χ0n) is 15.5. The number of nitriles is 1. The molecule has 2 aromatic carbocycles. The van der Waals surface area contributed by atoms with Gasteiger partial charge in [0.2, 0.25) is 0 Å². The molecule has 4 heteroatoms. The first-order chi connectivity index (χ1) is 12.9. The van der Waals surface area contributed by atoms with Crippen molar-refractivity contribution in [3.63, 3.8) is 0 Å². The van der Waals surface area contributed by atoms with Gasteiger partial charge in [0.25, 0.3) is 0 Å². The van der Waals surface area contributed by atoms with E-state index in [2.05, 4.69) is 57.9 Å². The topological polar surface area (TPSA) is 33.0 Å². The predicted octanol–water partition coefficient (Wildman–Crippen LogP) is 7.77. The van der Waals surface area contributed by atoms with Gasteiger partial charge in [0.05, 0.1) is 15.4 Å². The third-order valence-corrected chi connectivity index (χ3v) is 6.13. The lowest BCUT2D eigenvalue weighted by Gasteiger charge is -2.12. The lowest BCUT2D eigenvalue weighted by Crippen LogP contribution is -1.99. The van der Waals surface area contributed by atoms with Gasteiger partial charge >= 0.3 is 0 Å². The molecule has 0 heterocycles. The van der Waals surface area contributed by atoms with Crippen LogP contribution in [0.4, 0.5) is 0 Å². The first-order valence-electron chi connectivity index (χ1n) is 9.17. The third kappa shape index (κ3) is 5.03. The number of rotatable bonds is 7. The molecule has 27 heavy (non-hydrogen) atoms. The fourth-order valence-electron chi connectivity index (χ4n) is 3.88. The van der Waals surface area contributed by atoms with Crippen molar-refractivity contribution in [3.05, 3.63) is 69.6 Å². The van der Waals surface area contributed by atoms with Gasteiger partial charge in [0, 0.05) is 0 Å². The highest BCUT2D eigenvalue weighted by molar-refractivity contribution is 9.28. The van der Waals surface area contributed by atoms with Crippen molar-refractivity contribution in [2.45, 2.75) is 32.6 Å². The van der Waals surface area contributed by atoms with Gasteiger partial charge in [-0.2, -0.15) is 5.26 Å². The maximum Gasteiger partial charge on any atom is 0.127 e. The van der Waals surface area contributed by atoms with Crippen molar-refractivity contribution in [2.75, 3.05) is 0 Å². The van der Waals surface area contributed by atoms with E-state index >= 15 is 0 Å². The molecule has 1 saturated carbocycles. The van der Waals surface area contributed by atoms with Crippen LogP contribution in [-0.4, -0.2) is 0 Å². The van der Waals surface area contributed by atoms with Crippen LogP contribution in [0.2, 0.25) is 0 Å². The Morgan fingerprint density at radius 2 is 1.85 bits per heavy atom. The van der Waals surface area contributed by atoms with E-state index in [1.807, 2.05) is 54.6 Å². The summed E-state index contributed by atoms with van der Waals surface area (Å²) in [4.78, 5) is 0. The van der Waals surface area contributed by atoms with E-state index in [4.69, 9.17) is 4.74 Å². The highest BCUT2D eigenvalue weighted by Gasteiger charge is 2.55. The Morgan fingerprint density at radius 1 is 1.15 bits per heavy atom. The summed E-state index contributed by atoms with van der Waals surface area (Å²) in [7, 11) is 0. The van der Waals surface area contributed by atoms with E-state index in [9.17, 15) is 5.26 Å². The molecule has 1 aliphatic rings. The third-order valence-electron chi connectivity index (χ3n) is 5.61. The van der Waals surface area contributed by atoms with Gasteiger partial charge in [-0.15, -0.1) is 0 Å². The summed E-state index contributed by atoms with van der Waals surface area (Å²) >= 11 is 6.94. The van der Waals surface area contributed by atoms with Crippen molar-refractivity contribution in [1.29, 1.82) is 5.26 Å². The van der Waals surface area contributed by atoms with E-state index in [1.54, 1.807) is 0 Å². The normalized spacial score (nSPS) is 21.0. The Hall–Kier alpha value is -1.57. The van der Waals surface area contributed by atoms with Crippen LogP contribution >= 0.6 is 31.9 Å². The Morgan fingerprint density at radius 3 is 2.52 bits per heavy atom. The van der Waals surface area contributed by atoms with Crippen molar-refractivity contribution in [1.82, 2.24) is 0 Å². The standard InChI is InChI=1S/C23H23Br2NO/c1-23(2)20(21(23)14-22(24)25)12-11-17(15-26)16-7-6-10-19(13-16)27-18-8-4-3-5-9-18/h3-10,13-14,17,20-21H,11-12H2,1-2H3. The summed E-state index contributed by atoms with van der Waals surface area (Å²) in [5.74, 6) is 2.63. The average Bonchev–Trinajstić information content (AvgIpc) is 3.15. The largest absolute Gasteiger partial charge is 0.457 e. The Labute approximate surface area is 178 Å². The van der Waals surface area contributed by atoms with Gasteiger partial charge < -0.3 is 4.74 Å². The summed E-state index contributed by atoms with van der Waals surface area (Å²) in [6.07, 6.45) is 4.15. The van der Waals surface area contributed by atoms with Gasteiger partial charge in [0.15, 0.2) is 0 Å². The molecule has 3 rings (SSSR count). The minimum atomic E-state index is -0.113. The summed E-state index contributed by atoms with van der Waals surface area (Å²) in [5, 5.41) is 9.72. The van der Waals surface area contributed by atoms with E-state index in [-0.39, 0.29) is 5.92 Å². The minimum absolute atomic E-state index is 0.113. The molecule has 0 spiro atoms. The van der Waals surface area contributed by atoms with Gasteiger partial charge in [-0.3, -0.25) is 0 Å². The average molecular weight is 489 g/mol. The number of hydrogen-bond acceptors (Lipinski definition) is 2. The van der Waals surface area contributed by atoms with Crippen molar-refractivity contribution in [2.24, 2.45) is 17.3 Å². The molecule has 2 aromatic rings.